The molecule has 128 valence electrons. The maximum Gasteiger partial charge on any atom is 0.212 e. The van der Waals surface area contributed by atoms with Gasteiger partial charge in [0, 0.05) is 17.0 Å². The van der Waals surface area contributed by atoms with Crippen molar-refractivity contribution in [2.45, 2.75) is 26.7 Å². The van der Waals surface area contributed by atoms with Gasteiger partial charge in [-0.3, -0.25) is 0 Å². The third kappa shape index (κ3) is 3.73. The van der Waals surface area contributed by atoms with Gasteiger partial charge in [-0.15, -0.1) is 0 Å². The summed E-state index contributed by atoms with van der Waals surface area (Å²) in [5.74, 6) is 0. The van der Waals surface area contributed by atoms with Crippen LogP contribution in [0.3, 0.4) is 0 Å². The van der Waals surface area contributed by atoms with E-state index in [0.717, 1.165) is 29.6 Å². The Kier molecular flexibility index (Phi) is 4.74. The van der Waals surface area contributed by atoms with Gasteiger partial charge in [-0.25, -0.2) is 4.57 Å². The average molecular weight is 340 g/mol. The molecule has 3 heteroatoms. The second-order valence-corrected chi connectivity index (χ2v) is 7.64. The van der Waals surface area contributed by atoms with Gasteiger partial charge in [-0.1, -0.05) is 38.1 Å². The number of allylic oxidation sites excluding steroid dienone is 5. The third-order valence-electron chi connectivity index (χ3n) is 4.73. The average Bonchev–Trinajstić information content (AvgIpc) is 2.60. The molecule has 0 aliphatic heterocycles. The molecule has 1 aliphatic carbocycles. The Morgan fingerprint density at radius 1 is 1.12 bits per heavy atom. The lowest BCUT2D eigenvalue weighted by Gasteiger charge is -2.30. The van der Waals surface area contributed by atoms with E-state index in [-0.39, 0.29) is 11.0 Å². The fraction of sp³-hybridized carbons (Fsp3) is 0.261. The summed E-state index contributed by atoms with van der Waals surface area (Å²) in [7, 11) is 2.05. The molecule has 1 aliphatic rings. The third-order valence-corrected chi connectivity index (χ3v) is 4.73. The van der Waals surface area contributed by atoms with Crippen LogP contribution in [0.15, 0.2) is 65.4 Å². The molecular formula is C23H22N3+. The second kappa shape index (κ2) is 6.98. The first-order chi connectivity index (χ1) is 12.4. The number of para-hydroxylation sites is 1. The normalized spacial score (nSPS) is 16.2. The smallest absolute Gasteiger partial charge is 0.200 e. The number of hydrogen-bond donors (Lipinski definition) is 0. The van der Waals surface area contributed by atoms with Crippen LogP contribution < -0.4 is 4.57 Å². The molecule has 1 heterocycles. The summed E-state index contributed by atoms with van der Waals surface area (Å²) in [6.07, 6.45) is 10.0. The van der Waals surface area contributed by atoms with E-state index in [9.17, 15) is 10.5 Å². The molecule has 1 aromatic carbocycles. The van der Waals surface area contributed by atoms with Gasteiger partial charge < -0.3 is 0 Å². The van der Waals surface area contributed by atoms with Gasteiger partial charge in [-0.05, 0) is 47.6 Å². The van der Waals surface area contributed by atoms with Crippen molar-refractivity contribution >= 4 is 17.0 Å². The monoisotopic (exact) mass is 340 g/mol. The first-order valence-corrected chi connectivity index (χ1v) is 8.72. The number of hydrogen-bond acceptors (Lipinski definition) is 2. The Morgan fingerprint density at radius 2 is 1.85 bits per heavy atom. The lowest BCUT2D eigenvalue weighted by molar-refractivity contribution is -0.645. The summed E-state index contributed by atoms with van der Waals surface area (Å²) in [4.78, 5) is 0. The van der Waals surface area contributed by atoms with Crippen molar-refractivity contribution in [1.29, 1.82) is 10.5 Å². The van der Waals surface area contributed by atoms with Gasteiger partial charge in [-0.2, -0.15) is 10.5 Å². The first kappa shape index (κ1) is 17.6. The molecule has 3 rings (SSSR count). The molecule has 0 spiro atoms. The molecule has 26 heavy (non-hydrogen) atoms. The first-order valence-electron chi connectivity index (χ1n) is 8.72. The lowest BCUT2D eigenvalue weighted by atomic mass is 9.74. The Labute approximate surface area is 154 Å². The van der Waals surface area contributed by atoms with Gasteiger partial charge in [0.15, 0.2) is 6.20 Å². The van der Waals surface area contributed by atoms with Crippen LogP contribution in [0.5, 0.6) is 0 Å². The maximum absolute atomic E-state index is 9.19. The van der Waals surface area contributed by atoms with Crippen molar-refractivity contribution < 1.29 is 4.57 Å². The number of nitriles is 2. The van der Waals surface area contributed by atoms with E-state index in [0.29, 0.717) is 0 Å². The van der Waals surface area contributed by atoms with Crippen molar-refractivity contribution in [3.63, 3.8) is 0 Å². The number of aromatic nitrogens is 1. The second-order valence-electron chi connectivity index (χ2n) is 7.64. The zero-order chi connectivity index (χ0) is 18.7. The number of rotatable bonds is 2. The molecule has 0 fully saturated rings. The molecule has 0 atom stereocenters. The van der Waals surface area contributed by atoms with Gasteiger partial charge in [0.25, 0.3) is 0 Å². The Balaban J connectivity index is 1.98. The summed E-state index contributed by atoms with van der Waals surface area (Å²) in [5, 5.41) is 19.6. The van der Waals surface area contributed by atoms with Crippen LogP contribution in [-0.4, -0.2) is 0 Å². The molecule has 0 unspecified atom stereocenters. The molecule has 0 N–H and O–H groups in total. The van der Waals surface area contributed by atoms with E-state index in [1.807, 2.05) is 30.3 Å². The van der Waals surface area contributed by atoms with Crippen LogP contribution in [-0.2, 0) is 7.05 Å². The van der Waals surface area contributed by atoms with Crippen LogP contribution in [0, 0.1) is 28.1 Å². The molecule has 2 aromatic rings. The van der Waals surface area contributed by atoms with Crippen molar-refractivity contribution in [2.24, 2.45) is 12.5 Å². The fourth-order valence-electron chi connectivity index (χ4n) is 3.63. The van der Waals surface area contributed by atoms with Gasteiger partial charge in [0.1, 0.15) is 24.8 Å². The highest BCUT2D eigenvalue weighted by Gasteiger charge is 2.26. The van der Waals surface area contributed by atoms with E-state index in [4.69, 9.17) is 0 Å². The van der Waals surface area contributed by atoms with Crippen molar-refractivity contribution in [3.8, 4) is 12.1 Å². The zero-order valence-electron chi connectivity index (χ0n) is 15.5. The largest absolute Gasteiger partial charge is 0.212 e. The number of pyridine rings is 1. The minimum absolute atomic E-state index is 0.0385. The summed E-state index contributed by atoms with van der Waals surface area (Å²) < 4.78 is 2.13. The number of benzene rings is 1. The predicted molar refractivity (Wildman–Crippen MR) is 104 cm³/mol. The van der Waals surface area contributed by atoms with E-state index < -0.39 is 0 Å². The topological polar surface area (TPSA) is 51.5 Å². The highest BCUT2D eigenvalue weighted by molar-refractivity contribution is 5.77. The number of nitrogens with zero attached hydrogens (tertiary/aromatic N) is 3. The standard InChI is InChI=1S/C23H22N3/c1-23(2)12-17(10-20(13-23)21(14-24)15-25)8-9-18-11-19-6-4-5-7-22(19)26(3)16-18/h4-11,16H,12-13H2,1-3H3/q+1/b9-8+. The SMILES string of the molecule is C[n+]1cc(/C=C/C2=CC(=C(C#N)C#N)CC(C)(C)C2)cc2ccccc21. The Bertz CT molecular complexity index is 1020. The summed E-state index contributed by atoms with van der Waals surface area (Å²) in [5.41, 5.74) is 4.57. The van der Waals surface area contributed by atoms with Gasteiger partial charge in [0.05, 0.1) is 0 Å². The van der Waals surface area contributed by atoms with Crippen LogP contribution in [0.4, 0.5) is 0 Å². The van der Waals surface area contributed by atoms with Crippen molar-refractivity contribution in [2.75, 3.05) is 0 Å². The maximum atomic E-state index is 9.19. The quantitative estimate of drug-likeness (QED) is 0.584. The van der Waals surface area contributed by atoms with Crippen LogP contribution in [0.1, 0.15) is 32.3 Å². The number of aryl methyl sites for hydroxylation is 1. The fourth-order valence-corrected chi connectivity index (χ4v) is 3.63. The summed E-state index contributed by atoms with van der Waals surface area (Å²) in [6.45, 7) is 4.35. The molecule has 0 radical (unpaired) electrons. The summed E-state index contributed by atoms with van der Waals surface area (Å²) in [6, 6.07) is 14.5. The van der Waals surface area contributed by atoms with E-state index in [1.54, 1.807) is 0 Å². The van der Waals surface area contributed by atoms with E-state index in [2.05, 4.69) is 62.0 Å². The molecule has 0 saturated carbocycles. The molecule has 0 amide bonds. The predicted octanol–water partition coefficient (Wildman–Crippen LogP) is 4.77. The highest BCUT2D eigenvalue weighted by atomic mass is 14.9. The minimum atomic E-state index is 0.0385. The molecule has 0 bridgehead atoms. The molecular weight excluding hydrogens is 318 g/mol. The highest BCUT2D eigenvalue weighted by Crippen LogP contribution is 2.39. The van der Waals surface area contributed by atoms with E-state index in [1.165, 1.54) is 10.9 Å². The van der Waals surface area contributed by atoms with Crippen LogP contribution >= 0.6 is 0 Å². The molecule has 0 saturated heterocycles. The molecule has 3 nitrogen and oxygen atoms in total. The van der Waals surface area contributed by atoms with Crippen LogP contribution in [0.25, 0.3) is 17.0 Å². The van der Waals surface area contributed by atoms with Gasteiger partial charge in [0.2, 0.25) is 5.52 Å². The minimum Gasteiger partial charge on any atom is -0.200 e. The van der Waals surface area contributed by atoms with Crippen molar-refractivity contribution in [3.05, 3.63) is 71.0 Å². The summed E-state index contributed by atoms with van der Waals surface area (Å²) >= 11 is 0. The number of fused-ring (bicyclic) bond motifs is 1. The van der Waals surface area contributed by atoms with Crippen molar-refractivity contribution in [1.82, 2.24) is 0 Å². The van der Waals surface area contributed by atoms with E-state index >= 15 is 0 Å². The van der Waals surface area contributed by atoms with Crippen LogP contribution in [0.2, 0.25) is 0 Å². The lowest BCUT2D eigenvalue weighted by Crippen LogP contribution is -2.28. The van der Waals surface area contributed by atoms with Gasteiger partial charge >= 0.3 is 0 Å². The molecule has 1 aromatic heterocycles. The Hall–Kier alpha value is -3.17. The Morgan fingerprint density at radius 3 is 2.58 bits per heavy atom. The zero-order valence-corrected chi connectivity index (χ0v) is 15.5.